The van der Waals surface area contributed by atoms with Gasteiger partial charge >= 0.3 is 0 Å². The van der Waals surface area contributed by atoms with Crippen LogP contribution >= 0.6 is 11.6 Å². The van der Waals surface area contributed by atoms with Gasteiger partial charge < -0.3 is 25.2 Å². The van der Waals surface area contributed by atoms with Crippen LogP contribution in [0.25, 0.3) is 0 Å². The van der Waals surface area contributed by atoms with Crippen molar-refractivity contribution in [1.82, 2.24) is 15.1 Å². The van der Waals surface area contributed by atoms with Gasteiger partial charge in [-0.15, -0.1) is 0 Å². The predicted molar refractivity (Wildman–Crippen MR) is 158 cm³/mol. The molecule has 0 aromatic heterocycles. The first-order valence-corrected chi connectivity index (χ1v) is 15.9. The van der Waals surface area contributed by atoms with E-state index in [9.17, 15) is 14.4 Å². The highest BCUT2D eigenvalue weighted by atomic mass is 35.5. The number of carbonyl (C=O) groups is 3. The van der Waals surface area contributed by atoms with E-state index in [2.05, 4.69) is 29.4 Å². The Labute approximate surface area is 248 Å². The second kappa shape index (κ2) is 11.7. The minimum atomic E-state index is -1.14. The zero-order valence-corrected chi connectivity index (χ0v) is 24.9. The normalized spacial score (nSPS) is 36.7. The van der Waals surface area contributed by atoms with E-state index in [1.807, 2.05) is 12.2 Å². The first-order chi connectivity index (χ1) is 19.8. The Bertz CT molecular complexity index is 1180. The maximum Gasteiger partial charge on any atom is 0.246 e. The summed E-state index contributed by atoms with van der Waals surface area (Å²) in [7, 11) is 0. The molecule has 222 valence electrons. The van der Waals surface area contributed by atoms with Crippen LogP contribution in [-0.2, 0) is 19.1 Å². The molecule has 0 radical (unpaired) electrons. The number of ether oxygens (including phenoxy) is 1. The number of fused-ring (bicyclic) bond motifs is 1. The molecule has 1 saturated carbocycles. The molecule has 3 saturated heterocycles. The van der Waals surface area contributed by atoms with Gasteiger partial charge in [-0.2, -0.15) is 0 Å². The molecule has 6 rings (SSSR count). The van der Waals surface area contributed by atoms with Gasteiger partial charge in [0.25, 0.3) is 0 Å². The monoisotopic (exact) mass is 582 g/mol. The summed E-state index contributed by atoms with van der Waals surface area (Å²) in [4.78, 5) is 46.3. The molecule has 2 bridgehead atoms. The molecule has 9 heteroatoms. The van der Waals surface area contributed by atoms with E-state index in [0.29, 0.717) is 35.6 Å². The number of nitrogens with zero attached hydrogens (tertiary/aromatic N) is 2. The van der Waals surface area contributed by atoms with E-state index < -0.39 is 29.6 Å². The van der Waals surface area contributed by atoms with Crippen molar-refractivity contribution >= 4 is 35.0 Å². The second-order valence-corrected chi connectivity index (χ2v) is 13.3. The number of anilines is 1. The smallest absolute Gasteiger partial charge is 0.246 e. The van der Waals surface area contributed by atoms with E-state index in [-0.39, 0.29) is 23.8 Å². The topological polar surface area (TPSA) is 91.0 Å². The van der Waals surface area contributed by atoms with Crippen molar-refractivity contribution < 1.29 is 19.1 Å². The third-order valence-corrected chi connectivity index (χ3v) is 10.7. The van der Waals surface area contributed by atoms with Crippen LogP contribution in [0, 0.1) is 23.7 Å². The summed E-state index contributed by atoms with van der Waals surface area (Å²) < 4.78 is 6.53. The predicted octanol–water partition coefficient (Wildman–Crippen LogP) is 4.25. The van der Waals surface area contributed by atoms with Gasteiger partial charge in [-0.1, -0.05) is 63.3 Å². The van der Waals surface area contributed by atoms with Crippen molar-refractivity contribution in [3.8, 4) is 0 Å². The lowest BCUT2D eigenvalue weighted by Gasteiger charge is -2.38. The first-order valence-electron chi connectivity index (χ1n) is 15.6. The minimum Gasteiger partial charge on any atom is -0.359 e. The minimum absolute atomic E-state index is 0.0656. The van der Waals surface area contributed by atoms with Gasteiger partial charge in [0.05, 0.1) is 17.9 Å². The Balaban J connectivity index is 1.27. The molecule has 1 spiro atoms. The fourth-order valence-corrected chi connectivity index (χ4v) is 8.05. The molecule has 5 aliphatic rings. The SMILES string of the molecule is C[C@H]1[C@H](C)CCC[C@@H]1NC(=O)[C@@H]1N(CCN2CCCCCC2)C(=O)[C@@H]2[C@@H](C(=O)Nc3ccc(Cl)cc3)[C@@H]3C=C[C@]21O3. The Morgan fingerprint density at radius 1 is 1.00 bits per heavy atom. The van der Waals surface area contributed by atoms with Crippen LogP contribution in [0.3, 0.4) is 0 Å². The first kappa shape index (κ1) is 28.7. The molecule has 8 atom stereocenters. The number of halogens is 1. The van der Waals surface area contributed by atoms with Crippen LogP contribution < -0.4 is 10.6 Å². The number of amides is 3. The van der Waals surface area contributed by atoms with E-state index in [4.69, 9.17) is 16.3 Å². The molecule has 1 aromatic rings. The fraction of sp³-hybridized carbons (Fsp3) is 0.656. The summed E-state index contributed by atoms with van der Waals surface area (Å²) >= 11 is 6.03. The number of carbonyl (C=O) groups excluding carboxylic acids is 3. The van der Waals surface area contributed by atoms with Crippen molar-refractivity contribution in [2.24, 2.45) is 23.7 Å². The van der Waals surface area contributed by atoms with Crippen LogP contribution in [0.5, 0.6) is 0 Å². The van der Waals surface area contributed by atoms with Crippen LogP contribution in [-0.4, -0.2) is 77.5 Å². The zero-order chi connectivity index (χ0) is 28.7. The van der Waals surface area contributed by atoms with Gasteiger partial charge in [-0.25, -0.2) is 0 Å². The Morgan fingerprint density at radius 2 is 1.73 bits per heavy atom. The third kappa shape index (κ3) is 5.32. The molecule has 4 aliphatic heterocycles. The van der Waals surface area contributed by atoms with Crippen LogP contribution in [0.4, 0.5) is 5.69 Å². The molecular weight excluding hydrogens is 540 g/mol. The van der Waals surface area contributed by atoms with Gasteiger partial charge in [0.15, 0.2) is 0 Å². The largest absolute Gasteiger partial charge is 0.359 e. The zero-order valence-electron chi connectivity index (χ0n) is 24.2. The van der Waals surface area contributed by atoms with Crippen LogP contribution in [0.15, 0.2) is 36.4 Å². The highest BCUT2D eigenvalue weighted by Gasteiger charge is 2.72. The third-order valence-electron chi connectivity index (χ3n) is 10.4. The number of rotatable bonds is 7. The molecule has 0 unspecified atom stereocenters. The molecule has 2 N–H and O–H groups in total. The molecule has 8 nitrogen and oxygen atoms in total. The highest BCUT2D eigenvalue weighted by Crippen LogP contribution is 2.55. The number of likely N-dealkylation sites (tertiary alicyclic amines) is 2. The van der Waals surface area contributed by atoms with Crippen molar-refractivity contribution in [2.75, 3.05) is 31.5 Å². The summed E-state index contributed by atoms with van der Waals surface area (Å²) in [6.45, 7) is 7.63. The molecule has 4 heterocycles. The fourth-order valence-electron chi connectivity index (χ4n) is 7.92. The average molecular weight is 583 g/mol. The number of benzene rings is 1. The van der Waals surface area contributed by atoms with Crippen LogP contribution in [0.1, 0.15) is 58.8 Å². The van der Waals surface area contributed by atoms with Crippen molar-refractivity contribution in [3.05, 3.63) is 41.4 Å². The van der Waals surface area contributed by atoms with Gasteiger partial charge in [0.1, 0.15) is 11.6 Å². The number of hydrogen-bond donors (Lipinski definition) is 2. The highest BCUT2D eigenvalue weighted by molar-refractivity contribution is 6.30. The Kier molecular flexibility index (Phi) is 8.18. The van der Waals surface area contributed by atoms with Gasteiger partial charge in [-0.05, 0) is 68.5 Å². The van der Waals surface area contributed by atoms with E-state index in [0.717, 1.165) is 38.8 Å². The molecule has 41 heavy (non-hydrogen) atoms. The van der Waals surface area contributed by atoms with E-state index in [1.54, 1.807) is 29.2 Å². The summed E-state index contributed by atoms with van der Waals surface area (Å²) in [5, 5.41) is 6.88. The van der Waals surface area contributed by atoms with Gasteiger partial charge in [0.2, 0.25) is 17.7 Å². The maximum absolute atomic E-state index is 14.3. The van der Waals surface area contributed by atoms with Gasteiger partial charge in [-0.3, -0.25) is 14.4 Å². The quantitative estimate of drug-likeness (QED) is 0.469. The molecule has 1 aliphatic carbocycles. The number of hydrogen-bond acceptors (Lipinski definition) is 5. The summed E-state index contributed by atoms with van der Waals surface area (Å²) in [6.07, 6.45) is 11.2. The number of nitrogens with one attached hydrogen (secondary N) is 2. The van der Waals surface area contributed by atoms with E-state index in [1.165, 1.54) is 19.3 Å². The second-order valence-electron chi connectivity index (χ2n) is 12.9. The molecule has 4 fully saturated rings. The molecule has 1 aromatic carbocycles. The lowest BCUT2D eigenvalue weighted by atomic mass is 9.73. The van der Waals surface area contributed by atoms with Gasteiger partial charge in [0, 0.05) is 29.8 Å². The molecule has 3 amide bonds. The summed E-state index contributed by atoms with van der Waals surface area (Å²) in [6, 6.07) is 6.18. The lowest BCUT2D eigenvalue weighted by Crippen LogP contribution is -2.58. The van der Waals surface area contributed by atoms with Crippen molar-refractivity contribution in [2.45, 2.75) is 82.6 Å². The lowest BCUT2D eigenvalue weighted by molar-refractivity contribution is -0.141. The standard InChI is InChI=1S/C32H43ClN4O4/c1-20-8-7-9-24(21(20)2)35-30(39)28-32-15-14-25(41-32)26(29(38)34-23-12-10-22(33)11-13-23)27(32)31(40)37(28)19-18-36-16-5-3-4-6-17-36/h10-15,20-21,24-28H,3-9,16-19H2,1-2H3,(H,34,38)(H,35,39)/t20-,21+,24+,25+,26+,27+,28+,32+/m1/s1. The summed E-state index contributed by atoms with van der Waals surface area (Å²) in [5.74, 6) is -1.16. The van der Waals surface area contributed by atoms with E-state index >= 15 is 0 Å². The van der Waals surface area contributed by atoms with Crippen molar-refractivity contribution in [3.63, 3.8) is 0 Å². The maximum atomic E-state index is 14.3. The summed E-state index contributed by atoms with van der Waals surface area (Å²) in [5.41, 5.74) is -0.533. The molecular formula is C32H43ClN4O4. The average Bonchev–Trinajstić information content (AvgIpc) is 3.50. The Hall–Kier alpha value is -2.42. The van der Waals surface area contributed by atoms with Crippen molar-refractivity contribution in [1.29, 1.82) is 0 Å². The Morgan fingerprint density at radius 3 is 2.46 bits per heavy atom. The van der Waals surface area contributed by atoms with Crippen LogP contribution in [0.2, 0.25) is 5.02 Å².